The summed E-state index contributed by atoms with van der Waals surface area (Å²) in [6, 6.07) is 11.9. The van der Waals surface area contributed by atoms with Crippen LogP contribution in [-0.4, -0.2) is 28.3 Å². The van der Waals surface area contributed by atoms with Crippen molar-refractivity contribution in [2.24, 2.45) is 0 Å². The van der Waals surface area contributed by atoms with E-state index in [4.69, 9.17) is 4.74 Å². The van der Waals surface area contributed by atoms with E-state index in [0.29, 0.717) is 5.69 Å². The number of carbonyl (C=O) groups is 2. The van der Waals surface area contributed by atoms with Gasteiger partial charge < -0.3 is 10.1 Å². The third-order valence-corrected chi connectivity index (χ3v) is 4.04. The van der Waals surface area contributed by atoms with Gasteiger partial charge in [0, 0.05) is 5.69 Å². The van der Waals surface area contributed by atoms with Gasteiger partial charge in [0.25, 0.3) is 17.0 Å². The monoisotopic (exact) mass is 381 g/mol. The van der Waals surface area contributed by atoms with Crippen LogP contribution in [0.25, 0.3) is 10.8 Å². The van der Waals surface area contributed by atoms with Crippen LogP contribution < -0.4 is 16.4 Å². The minimum Gasteiger partial charge on any atom is -0.454 e. The smallest absolute Gasteiger partial charge is 0.328 e. The highest BCUT2D eigenvalue weighted by atomic mass is 16.5. The number of carbonyl (C=O) groups excluding carboxylic acids is 2. The molecule has 0 saturated heterocycles. The molecule has 0 radical (unpaired) electrons. The van der Waals surface area contributed by atoms with E-state index < -0.39 is 36.1 Å². The molecule has 0 fully saturated rings. The number of anilines is 1. The normalized spacial score (nSPS) is 10.6. The van der Waals surface area contributed by atoms with Crippen LogP contribution in [0.5, 0.6) is 0 Å². The van der Waals surface area contributed by atoms with Gasteiger partial charge in [-0.3, -0.25) is 24.3 Å². The number of nitrogens with zero attached hydrogens (tertiary/aromatic N) is 1. The van der Waals surface area contributed by atoms with Gasteiger partial charge in [-0.1, -0.05) is 18.2 Å². The Kier molecular flexibility index (Phi) is 5.39. The fraction of sp³-hybridized carbons (Fsp3) is 0.200. The molecule has 3 aromatic rings. The zero-order chi connectivity index (χ0) is 20.3. The predicted molar refractivity (Wildman–Crippen MR) is 104 cm³/mol. The first-order chi connectivity index (χ1) is 13.3. The molecule has 0 aliphatic heterocycles. The number of nitrogens with one attached hydrogen (secondary N) is 2. The molecule has 1 heterocycles. The Morgan fingerprint density at radius 1 is 1.04 bits per heavy atom. The van der Waals surface area contributed by atoms with Crippen molar-refractivity contribution in [2.75, 3.05) is 11.9 Å². The molecule has 0 aliphatic rings. The summed E-state index contributed by atoms with van der Waals surface area (Å²) < 4.78 is 5.78. The molecule has 0 saturated carbocycles. The minimum atomic E-state index is -0.816. The van der Waals surface area contributed by atoms with E-state index in [2.05, 4.69) is 10.4 Å². The molecular formula is C20H19N3O5. The van der Waals surface area contributed by atoms with Crippen molar-refractivity contribution in [2.45, 2.75) is 20.4 Å². The van der Waals surface area contributed by atoms with Crippen LogP contribution >= 0.6 is 0 Å². The zero-order valence-corrected chi connectivity index (χ0v) is 15.4. The second-order valence-corrected chi connectivity index (χ2v) is 6.46. The second-order valence-electron chi connectivity index (χ2n) is 6.46. The fourth-order valence-electron chi connectivity index (χ4n) is 2.92. The maximum Gasteiger partial charge on any atom is 0.328 e. The molecule has 8 heteroatoms. The molecule has 0 spiro atoms. The number of hydrogen-bond donors (Lipinski definition) is 2. The van der Waals surface area contributed by atoms with Crippen molar-refractivity contribution < 1.29 is 14.3 Å². The van der Waals surface area contributed by atoms with Gasteiger partial charge in [0.05, 0.1) is 10.8 Å². The van der Waals surface area contributed by atoms with E-state index in [9.17, 15) is 19.2 Å². The van der Waals surface area contributed by atoms with Crippen molar-refractivity contribution in [3.8, 4) is 0 Å². The SMILES string of the molecule is Cc1cc(C)cc(NC(=O)COC(=O)Cn2[nH]c(=O)c3ccccc3c2=O)c1. The molecular weight excluding hydrogens is 362 g/mol. The number of benzene rings is 2. The average Bonchev–Trinajstić information content (AvgIpc) is 2.63. The molecule has 2 aromatic carbocycles. The Labute approximate surface area is 159 Å². The van der Waals surface area contributed by atoms with Crippen LogP contribution in [0.2, 0.25) is 0 Å². The van der Waals surface area contributed by atoms with Crippen LogP contribution in [-0.2, 0) is 20.9 Å². The molecule has 1 aromatic heterocycles. The summed E-state index contributed by atoms with van der Waals surface area (Å²) in [4.78, 5) is 48.4. The maximum atomic E-state index is 12.4. The number of aromatic nitrogens is 2. The van der Waals surface area contributed by atoms with Crippen molar-refractivity contribution in [1.29, 1.82) is 0 Å². The van der Waals surface area contributed by atoms with Crippen LogP contribution in [0, 0.1) is 13.8 Å². The predicted octanol–water partition coefficient (Wildman–Crippen LogP) is 1.49. The van der Waals surface area contributed by atoms with E-state index in [0.717, 1.165) is 15.8 Å². The Morgan fingerprint density at radius 3 is 2.36 bits per heavy atom. The first kappa shape index (κ1) is 19.1. The molecule has 1 amide bonds. The molecule has 0 aliphatic carbocycles. The van der Waals surface area contributed by atoms with Gasteiger partial charge in [-0.05, 0) is 49.2 Å². The summed E-state index contributed by atoms with van der Waals surface area (Å²) in [6.45, 7) is 2.81. The minimum absolute atomic E-state index is 0.201. The number of aromatic amines is 1. The number of aryl methyl sites for hydroxylation is 2. The lowest BCUT2D eigenvalue weighted by atomic mass is 10.1. The lowest BCUT2D eigenvalue weighted by molar-refractivity contribution is -0.148. The van der Waals surface area contributed by atoms with Crippen LogP contribution in [0.15, 0.2) is 52.1 Å². The van der Waals surface area contributed by atoms with Crippen molar-refractivity contribution >= 4 is 28.3 Å². The number of fused-ring (bicyclic) bond motifs is 1. The highest BCUT2D eigenvalue weighted by Gasteiger charge is 2.13. The highest BCUT2D eigenvalue weighted by Crippen LogP contribution is 2.13. The maximum absolute atomic E-state index is 12.4. The first-order valence-corrected chi connectivity index (χ1v) is 8.59. The summed E-state index contributed by atoms with van der Waals surface area (Å²) in [6.07, 6.45) is 0. The van der Waals surface area contributed by atoms with E-state index in [-0.39, 0.29) is 10.8 Å². The summed E-state index contributed by atoms with van der Waals surface area (Å²) in [5.41, 5.74) is 1.58. The highest BCUT2D eigenvalue weighted by molar-refractivity contribution is 5.93. The van der Waals surface area contributed by atoms with Gasteiger partial charge in [0.1, 0.15) is 6.54 Å². The quantitative estimate of drug-likeness (QED) is 0.651. The summed E-state index contributed by atoms with van der Waals surface area (Å²) in [5.74, 6) is -1.32. The van der Waals surface area contributed by atoms with Gasteiger partial charge in [-0.15, -0.1) is 0 Å². The van der Waals surface area contributed by atoms with E-state index in [1.165, 1.54) is 12.1 Å². The van der Waals surface area contributed by atoms with E-state index in [1.54, 1.807) is 24.3 Å². The Bertz CT molecular complexity index is 1160. The molecule has 2 N–H and O–H groups in total. The summed E-state index contributed by atoms with van der Waals surface area (Å²) in [5, 5.41) is 5.42. The zero-order valence-electron chi connectivity index (χ0n) is 15.4. The van der Waals surface area contributed by atoms with Crippen molar-refractivity contribution in [1.82, 2.24) is 9.78 Å². The number of esters is 1. The average molecular weight is 381 g/mol. The topological polar surface area (TPSA) is 110 Å². The molecule has 3 rings (SSSR count). The molecule has 0 bridgehead atoms. The lowest BCUT2D eigenvalue weighted by Crippen LogP contribution is -2.33. The van der Waals surface area contributed by atoms with E-state index >= 15 is 0 Å². The second kappa shape index (κ2) is 7.91. The van der Waals surface area contributed by atoms with Crippen LogP contribution in [0.1, 0.15) is 11.1 Å². The Morgan fingerprint density at radius 2 is 1.68 bits per heavy atom. The number of amides is 1. The third kappa shape index (κ3) is 4.35. The van der Waals surface area contributed by atoms with Crippen LogP contribution in [0.3, 0.4) is 0 Å². The standard InChI is InChI=1S/C20H19N3O5/c1-12-7-13(2)9-14(8-12)21-17(24)11-28-18(25)10-23-20(27)16-6-4-3-5-15(16)19(26)22-23/h3-9H,10-11H2,1-2H3,(H,21,24)(H,22,26). The molecule has 144 valence electrons. The van der Waals surface area contributed by atoms with Gasteiger partial charge >= 0.3 is 5.97 Å². The van der Waals surface area contributed by atoms with Gasteiger partial charge in [-0.2, -0.15) is 0 Å². The number of hydrogen-bond acceptors (Lipinski definition) is 5. The lowest BCUT2D eigenvalue weighted by Gasteiger charge is -2.09. The molecule has 28 heavy (non-hydrogen) atoms. The Hall–Kier alpha value is -3.68. The summed E-state index contributed by atoms with van der Waals surface area (Å²) >= 11 is 0. The largest absolute Gasteiger partial charge is 0.454 e. The molecule has 0 atom stereocenters. The van der Waals surface area contributed by atoms with Crippen molar-refractivity contribution in [3.63, 3.8) is 0 Å². The van der Waals surface area contributed by atoms with Crippen LogP contribution in [0.4, 0.5) is 5.69 Å². The number of H-pyrrole nitrogens is 1. The Balaban J connectivity index is 1.64. The molecule has 0 unspecified atom stereocenters. The van der Waals surface area contributed by atoms with Crippen molar-refractivity contribution in [3.05, 3.63) is 74.3 Å². The number of rotatable bonds is 5. The third-order valence-electron chi connectivity index (χ3n) is 4.04. The van der Waals surface area contributed by atoms with Gasteiger partial charge in [0.15, 0.2) is 6.61 Å². The fourth-order valence-corrected chi connectivity index (χ4v) is 2.92. The number of ether oxygens (including phenoxy) is 1. The van der Waals surface area contributed by atoms with E-state index in [1.807, 2.05) is 19.9 Å². The first-order valence-electron chi connectivity index (χ1n) is 8.59. The van der Waals surface area contributed by atoms with Gasteiger partial charge in [0.2, 0.25) is 0 Å². The van der Waals surface area contributed by atoms with Gasteiger partial charge in [-0.25, -0.2) is 4.68 Å². The summed E-state index contributed by atoms with van der Waals surface area (Å²) in [7, 11) is 0. The molecule has 8 nitrogen and oxygen atoms in total.